The Kier molecular flexibility index (Phi) is 14.3. The molecule has 4 nitrogen and oxygen atoms in total. The number of nitrogens with zero attached hydrogens (tertiary/aromatic N) is 2. The molecule has 0 aliphatic rings. The van der Waals surface area contributed by atoms with Gasteiger partial charge in [0.15, 0.2) is 0 Å². The number of hydrogen-bond donors (Lipinski definition) is 0. The summed E-state index contributed by atoms with van der Waals surface area (Å²) in [7, 11) is 0. The Morgan fingerprint density at radius 3 is 1.62 bits per heavy atom. The summed E-state index contributed by atoms with van der Waals surface area (Å²) in [5.74, 6) is 1.48. The Bertz CT molecular complexity index is 686. The highest BCUT2D eigenvalue weighted by molar-refractivity contribution is 5.59. The molecule has 0 saturated heterocycles. The van der Waals surface area contributed by atoms with Crippen LogP contribution in [0.3, 0.4) is 0 Å². The Balaban J connectivity index is 1.45. The Morgan fingerprint density at radius 2 is 1.12 bits per heavy atom. The maximum Gasteiger partial charge on any atom is 0.233 e. The fourth-order valence-electron chi connectivity index (χ4n) is 3.91. The molecule has 2 aromatic rings. The summed E-state index contributed by atoms with van der Waals surface area (Å²) in [6.07, 6.45) is 19.1. The van der Waals surface area contributed by atoms with Gasteiger partial charge >= 0.3 is 0 Å². The van der Waals surface area contributed by atoms with Crippen molar-refractivity contribution in [2.24, 2.45) is 0 Å². The predicted octanol–water partition coefficient (Wildman–Crippen LogP) is 8.40. The van der Waals surface area contributed by atoms with Crippen LogP contribution in [0.1, 0.15) is 104 Å². The van der Waals surface area contributed by atoms with Crippen LogP contribution in [0.15, 0.2) is 36.4 Å². The smallest absolute Gasteiger partial charge is 0.233 e. The second-order valence-corrected chi connectivity index (χ2v) is 8.66. The van der Waals surface area contributed by atoms with Crippen molar-refractivity contribution in [2.45, 2.75) is 104 Å². The zero-order valence-electron chi connectivity index (χ0n) is 20.5. The first kappa shape index (κ1) is 26.2. The predicted molar refractivity (Wildman–Crippen MR) is 134 cm³/mol. The first-order valence-corrected chi connectivity index (χ1v) is 13.0. The van der Waals surface area contributed by atoms with E-state index in [-0.39, 0.29) is 0 Å². The molecule has 1 aromatic carbocycles. The average molecular weight is 441 g/mol. The highest BCUT2D eigenvalue weighted by Crippen LogP contribution is 2.21. The number of unbranched alkanes of at least 4 members (excludes halogenated alkanes) is 13. The lowest BCUT2D eigenvalue weighted by atomic mass is 10.0. The van der Waals surface area contributed by atoms with E-state index in [2.05, 4.69) is 17.1 Å². The minimum absolute atomic E-state index is 0.606. The normalized spacial score (nSPS) is 10.9. The van der Waals surface area contributed by atoms with E-state index < -0.39 is 0 Å². The molecule has 0 saturated carbocycles. The zero-order chi connectivity index (χ0) is 22.7. The lowest BCUT2D eigenvalue weighted by molar-refractivity contribution is 0.290. The summed E-state index contributed by atoms with van der Waals surface area (Å²) in [6, 6.07) is 11.8. The molecule has 0 N–H and O–H groups in total. The number of rotatable bonds is 19. The summed E-state index contributed by atoms with van der Waals surface area (Å²) < 4.78 is 11.2. The van der Waals surface area contributed by atoms with Crippen LogP contribution in [0, 0.1) is 0 Å². The van der Waals surface area contributed by atoms with Crippen molar-refractivity contribution in [1.29, 1.82) is 0 Å². The molecule has 4 heteroatoms. The van der Waals surface area contributed by atoms with Gasteiger partial charge in [-0.15, -0.1) is 10.2 Å². The van der Waals surface area contributed by atoms with Gasteiger partial charge in [-0.1, -0.05) is 90.4 Å². The van der Waals surface area contributed by atoms with Gasteiger partial charge in [0.1, 0.15) is 5.75 Å². The van der Waals surface area contributed by atoms with Crippen LogP contribution in [-0.4, -0.2) is 23.4 Å². The van der Waals surface area contributed by atoms with Crippen molar-refractivity contribution in [3.05, 3.63) is 36.4 Å². The van der Waals surface area contributed by atoms with Gasteiger partial charge in [0.05, 0.1) is 18.9 Å². The molecule has 0 spiro atoms. The fourth-order valence-corrected chi connectivity index (χ4v) is 3.91. The number of ether oxygens (including phenoxy) is 2. The zero-order valence-corrected chi connectivity index (χ0v) is 20.5. The first-order valence-electron chi connectivity index (χ1n) is 13.0. The van der Waals surface area contributed by atoms with Gasteiger partial charge in [-0.2, -0.15) is 0 Å². The molecule has 0 fully saturated rings. The summed E-state index contributed by atoms with van der Waals surface area (Å²) >= 11 is 0. The molecule has 32 heavy (non-hydrogen) atoms. The number of hydrogen-bond acceptors (Lipinski definition) is 4. The summed E-state index contributed by atoms with van der Waals surface area (Å²) in [4.78, 5) is 0. The third kappa shape index (κ3) is 11.5. The first-order chi connectivity index (χ1) is 15.8. The quantitative estimate of drug-likeness (QED) is 0.206. The van der Waals surface area contributed by atoms with Gasteiger partial charge in [-0.25, -0.2) is 0 Å². The molecular weight excluding hydrogens is 396 g/mol. The highest BCUT2D eigenvalue weighted by atomic mass is 16.5. The van der Waals surface area contributed by atoms with Gasteiger partial charge in [0.25, 0.3) is 0 Å². The van der Waals surface area contributed by atoms with Crippen LogP contribution in [-0.2, 0) is 0 Å². The van der Waals surface area contributed by atoms with Crippen molar-refractivity contribution in [3.63, 3.8) is 0 Å². The van der Waals surface area contributed by atoms with Gasteiger partial charge in [0.2, 0.25) is 5.88 Å². The number of aromatic nitrogens is 2. The molecule has 1 heterocycles. The van der Waals surface area contributed by atoms with Crippen LogP contribution in [0.5, 0.6) is 11.6 Å². The van der Waals surface area contributed by atoms with E-state index in [1.54, 1.807) is 0 Å². The van der Waals surface area contributed by atoms with Crippen LogP contribution in [0.2, 0.25) is 0 Å². The van der Waals surface area contributed by atoms with Crippen LogP contribution < -0.4 is 9.47 Å². The van der Waals surface area contributed by atoms with Crippen LogP contribution in [0.25, 0.3) is 11.3 Å². The second kappa shape index (κ2) is 17.5. The van der Waals surface area contributed by atoms with Crippen LogP contribution in [0.4, 0.5) is 0 Å². The summed E-state index contributed by atoms with van der Waals surface area (Å²) in [5.41, 5.74) is 1.87. The standard InChI is InChI=1S/C28H44N2O2/c1-3-5-6-7-8-9-10-11-12-13-14-15-16-17-24-32-28-23-22-27(29-30-28)25-18-20-26(21-19-25)31-4-2/h18-23H,3-17,24H2,1-2H3. The van der Waals surface area contributed by atoms with Crippen molar-refractivity contribution in [2.75, 3.05) is 13.2 Å². The monoisotopic (exact) mass is 440 g/mol. The van der Waals surface area contributed by atoms with Crippen LogP contribution >= 0.6 is 0 Å². The molecule has 0 aliphatic carbocycles. The largest absolute Gasteiger partial charge is 0.494 e. The third-order valence-electron chi connectivity index (χ3n) is 5.85. The van der Waals surface area contributed by atoms with E-state index in [4.69, 9.17) is 9.47 Å². The topological polar surface area (TPSA) is 44.2 Å². The molecule has 0 unspecified atom stereocenters. The molecule has 2 rings (SSSR count). The molecule has 0 atom stereocenters. The minimum atomic E-state index is 0.606. The molecule has 178 valence electrons. The number of benzene rings is 1. The lowest BCUT2D eigenvalue weighted by Crippen LogP contribution is -2.00. The van der Waals surface area contributed by atoms with Crippen molar-refractivity contribution in [1.82, 2.24) is 10.2 Å². The second-order valence-electron chi connectivity index (χ2n) is 8.66. The highest BCUT2D eigenvalue weighted by Gasteiger charge is 2.03. The van der Waals surface area contributed by atoms with Gasteiger partial charge in [-0.3, -0.25) is 0 Å². The van der Waals surface area contributed by atoms with E-state index >= 15 is 0 Å². The lowest BCUT2D eigenvalue weighted by Gasteiger charge is -2.07. The Morgan fingerprint density at radius 1 is 0.562 bits per heavy atom. The fraction of sp³-hybridized carbons (Fsp3) is 0.643. The molecule has 0 radical (unpaired) electrons. The summed E-state index contributed by atoms with van der Waals surface area (Å²) in [6.45, 7) is 5.65. The molecule has 0 aliphatic heterocycles. The average Bonchev–Trinajstić information content (AvgIpc) is 2.83. The molecule has 0 bridgehead atoms. The maximum atomic E-state index is 5.76. The van der Waals surface area contributed by atoms with E-state index in [1.165, 1.54) is 83.5 Å². The van der Waals surface area contributed by atoms with Gasteiger partial charge < -0.3 is 9.47 Å². The van der Waals surface area contributed by atoms with Crippen molar-refractivity contribution in [3.8, 4) is 22.9 Å². The Labute approximate surface area is 196 Å². The van der Waals surface area contributed by atoms with Gasteiger partial charge in [0, 0.05) is 11.6 Å². The molecular formula is C28H44N2O2. The van der Waals surface area contributed by atoms with E-state index in [9.17, 15) is 0 Å². The summed E-state index contributed by atoms with van der Waals surface area (Å²) in [5, 5.41) is 8.51. The molecule has 1 aromatic heterocycles. The van der Waals surface area contributed by atoms with Crippen molar-refractivity contribution >= 4 is 0 Å². The third-order valence-corrected chi connectivity index (χ3v) is 5.85. The SMILES string of the molecule is CCCCCCCCCCCCCCCCOc1ccc(-c2ccc(OCC)cc2)nn1. The van der Waals surface area contributed by atoms with E-state index in [1.807, 2.05) is 43.3 Å². The van der Waals surface area contributed by atoms with E-state index in [0.717, 1.165) is 30.0 Å². The van der Waals surface area contributed by atoms with Gasteiger partial charge in [-0.05, 0) is 43.7 Å². The Hall–Kier alpha value is -2.10. The van der Waals surface area contributed by atoms with E-state index in [0.29, 0.717) is 12.5 Å². The van der Waals surface area contributed by atoms with Crippen molar-refractivity contribution < 1.29 is 9.47 Å². The minimum Gasteiger partial charge on any atom is -0.494 e. The molecule has 0 amide bonds. The maximum absolute atomic E-state index is 5.76.